The molecule has 0 radical (unpaired) electrons. The predicted octanol–water partition coefficient (Wildman–Crippen LogP) is 1.21. The Bertz CT molecular complexity index is 168. The maximum atomic E-state index is 5.60. The van der Waals surface area contributed by atoms with Crippen molar-refractivity contribution < 1.29 is 5.73 Å². The molecule has 42 valence electrons. The molecule has 0 aliphatic heterocycles. The van der Waals surface area contributed by atoms with Gasteiger partial charge in [-0.25, -0.2) is 0 Å². The first kappa shape index (κ1) is 5.60. The number of halogens is 1. The molecule has 0 amide bonds. The third kappa shape index (κ3) is 1.22. The van der Waals surface area contributed by atoms with E-state index in [1.165, 1.54) is 0 Å². The van der Waals surface area contributed by atoms with E-state index in [9.17, 15) is 0 Å². The summed E-state index contributed by atoms with van der Waals surface area (Å²) in [5.74, 6) is 0. The number of rotatable bonds is 0. The molecule has 0 saturated carbocycles. The second kappa shape index (κ2) is 2.16. The third-order valence-electron chi connectivity index (χ3n) is 0.889. The largest absolute Gasteiger partial charge is 0.325 e. The molecule has 0 aliphatic rings. The maximum Gasteiger partial charge on any atom is 0.129 e. The van der Waals surface area contributed by atoms with Gasteiger partial charge in [0.1, 0.15) is 5.69 Å². The fraction of sp³-hybridized carbons (Fsp3) is 0. The van der Waals surface area contributed by atoms with Gasteiger partial charge in [0, 0.05) is 11.1 Å². The minimum Gasteiger partial charge on any atom is -0.325 e. The Labute approximate surface area is 53.1 Å². The van der Waals surface area contributed by atoms with Gasteiger partial charge in [-0.3, -0.25) is 0 Å². The van der Waals surface area contributed by atoms with Crippen LogP contribution < -0.4 is 5.73 Å². The molecule has 2 heteroatoms. The van der Waals surface area contributed by atoms with Gasteiger partial charge in [-0.2, -0.15) is 0 Å². The molecule has 0 fully saturated rings. The zero-order valence-electron chi connectivity index (χ0n) is 4.39. The first-order valence-corrected chi connectivity index (χ1v) is 2.74. The Morgan fingerprint density at radius 2 is 2.12 bits per heavy atom. The lowest BCUT2D eigenvalue weighted by molar-refractivity contribution is -0.254. The molecule has 8 heavy (non-hydrogen) atoms. The summed E-state index contributed by atoms with van der Waals surface area (Å²) in [4.78, 5) is 0. The lowest BCUT2D eigenvalue weighted by Gasteiger charge is -1.85. The van der Waals surface area contributed by atoms with Gasteiger partial charge in [0.2, 0.25) is 0 Å². The number of hydrogen-bond donors (Lipinski definition) is 1. The Kier molecular flexibility index (Phi) is 1.51. The molecule has 1 aromatic carbocycles. The molecule has 0 heterocycles. The van der Waals surface area contributed by atoms with Crippen molar-refractivity contribution in [1.82, 2.24) is 0 Å². The van der Waals surface area contributed by atoms with E-state index in [1.807, 2.05) is 24.3 Å². The Morgan fingerprint density at radius 1 is 1.38 bits per heavy atom. The molecule has 1 aromatic rings. The fourth-order valence-electron chi connectivity index (χ4n) is 0.537. The van der Waals surface area contributed by atoms with Crippen LogP contribution in [0.4, 0.5) is 5.69 Å². The van der Waals surface area contributed by atoms with Crippen molar-refractivity contribution >= 4 is 17.3 Å². The third-order valence-corrected chi connectivity index (χ3v) is 1.12. The van der Waals surface area contributed by atoms with E-state index in [0.29, 0.717) is 0 Å². The number of benzene rings is 1. The van der Waals surface area contributed by atoms with Crippen molar-refractivity contribution in [2.75, 3.05) is 0 Å². The molecule has 0 saturated heterocycles. The normalized spacial score (nSPS) is 9.25. The van der Waals surface area contributed by atoms with Crippen LogP contribution in [0.1, 0.15) is 0 Å². The van der Waals surface area contributed by atoms with Crippen LogP contribution in [0.5, 0.6) is 0 Å². The molecule has 0 atom stereocenters. The van der Waals surface area contributed by atoms with Gasteiger partial charge in [-0.1, -0.05) is 17.7 Å². The average Bonchev–Trinajstić information content (AvgIpc) is 1.64. The first-order chi connectivity index (χ1) is 3.79. The number of quaternary nitrogens is 1. The number of hydrogen-bond acceptors (Lipinski definition) is 0. The van der Waals surface area contributed by atoms with Gasteiger partial charge >= 0.3 is 0 Å². The van der Waals surface area contributed by atoms with Gasteiger partial charge in [0.25, 0.3) is 0 Å². The quantitative estimate of drug-likeness (QED) is 0.544. The van der Waals surface area contributed by atoms with E-state index >= 15 is 0 Å². The van der Waals surface area contributed by atoms with Crippen LogP contribution in [0.15, 0.2) is 24.3 Å². The highest BCUT2D eigenvalue weighted by atomic mass is 35.5. The first-order valence-electron chi connectivity index (χ1n) is 2.36. The molecule has 1 nitrogen and oxygen atoms in total. The van der Waals surface area contributed by atoms with Gasteiger partial charge in [-0.15, -0.1) is 0 Å². The van der Waals surface area contributed by atoms with E-state index in [2.05, 4.69) is 5.73 Å². The zero-order valence-corrected chi connectivity index (χ0v) is 5.15. The minimum atomic E-state index is 0.748. The molecule has 0 aliphatic carbocycles. The van der Waals surface area contributed by atoms with Crippen LogP contribution >= 0.6 is 11.6 Å². The molecule has 0 bridgehead atoms. The minimum absolute atomic E-state index is 0.748. The summed E-state index contributed by atoms with van der Waals surface area (Å²) < 4.78 is 0. The summed E-state index contributed by atoms with van der Waals surface area (Å²) >= 11 is 5.60. The maximum absolute atomic E-state index is 5.60. The highest BCUT2D eigenvalue weighted by molar-refractivity contribution is 6.30. The molecular weight excluding hydrogens is 122 g/mol. The van der Waals surface area contributed by atoms with Crippen LogP contribution in [-0.4, -0.2) is 0 Å². The summed E-state index contributed by atoms with van der Waals surface area (Å²) in [5.41, 5.74) is 4.65. The van der Waals surface area contributed by atoms with E-state index in [4.69, 9.17) is 11.6 Å². The zero-order chi connectivity index (χ0) is 5.98. The molecular formula is C6H7ClN+. The Hall–Kier alpha value is -0.530. The van der Waals surface area contributed by atoms with Gasteiger partial charge in [0.05, 0.1) is 0 Å². The lowest BCUT2D eigenvalue weighted by Crippen LogP contribution is -2.39. The van der Waals surface area contributed by atoms with Gasteiger partial charge in [-0.05, 0) is 12.1 Å². The van der Waals surface area contributed by atoms with Crippen molar-refractivity contribution in [3.05, 3.63) is 29.3 Å². The molecule has 0 unspecified atom stereocenters. The van der Waals surface area contributed by atoms with E-state index < -0.39 is 0 Å². The van der Waals surface area contributed by atoms with Crippen LogP contribution in [-0.2, 0) is 0 Å². The SMILES string of the molecule is [NH3+]c1cccc(Cl)c1. The summed E-state index contributed by atoms with van der Waals surface area (Å²) in [5, 5.41) is 0.748. The second-order valence-corrected chi connectivity index (χ2v) is 2.07. The highest BCUT2D eigenvalue weighted by Crippen LogP contribution is 2.09. The van der Waals surface area contributed by atoms with Gasteiger partial charge < -0.3 is 5.73 Å². The van der Waals surface area contributed by atoms with Crippen molar-refractivity contribution in [3.63, 3.8) is 0 Å². The van der Waals surface area contributed by atoms with Crippen LogP contribution in [0.2, 0.25) is 5.02 Å². The standard InChI is InChI=1S/C6H6ClN/c7-5-2-1-3-6(8)4-5/h1-4H,8H2/p+1. The van der Waals surface area contributed by atoms with Gasteiger partial charge in [0.15, 0.2) is 0 Å². The van der Waals surface area contributed by atoms with Crippen LogP contribution in [0, 0.1) is 0 Å². The second-order valence-electron chi connectivity index (χ2n) is 1.63. The van der Waals surface area contributed by atoms with Crippen molar-refractivity contribution in [3.8, 4) is 0 Å². The monoisotopic (exact) mass is 128 g/mol. The van der Waals surface area contributed by atoms with Crippen molar-refractivity contribution in [2.24, 2.45) is 0 Å². The summed E-state index contributed by atoms with van der Waals surface area (Å²) in [6.07, 6.45) is 0. The van der Waals surface area contributed by atoms with Crippen molar-refractivity contribution in [1.29, 1.82) is 0 Å². The summed E-state index contributed by atoms with van der Waals surface area (Å²) in [6, 6.07) is 7.44. The Balaban J connectivity index is 3.08. The molecule has 1 rings (SSSR count). The van der Waals surface area contributed by atoms with E-state index in [0.717, 1.165) is 10.7 Å². The van der Waals surface area contributed by atoms with E-state index in [1.54, 1.807) is 0 Å². The van der Waals surface area contributed by atoms with Crippen molar-refractivity contribution in [2.45, 2.75) is 0 Å². The van der Waals surface area contributed by atoms with Crippen LogP contribution in [0.3, 0.4) is 0 Å². The smallest absolute Gasteiger partial charge is 0.129 e. The molecule has 0 spiro atoms. The van der Waals surface area contributed by atoms with E-state index in [-0.39, 0.29) is 0 Å². The summed E-state index contributed by atoms with van der Waals surface area (Å²) in [7, 11) is 0. The highest BCUT2D eigenvalue weighted by Gasteiger charge is 1.86. The summed E-state index contributed by atoms with van der Waals surface area (Å²) in [6.45, 7) is 0. The lowest BCUT2D eigenvalue weighted by atomic mass is 10.3. The molecule has 0 aromatic heterocycles. The predicted molar refractivity (Wildman–Crippen MR) is 34.0 cm³/mol. The van der Waals surface area contributed by atoms with Crippen LogP contribution in [0.25, 0.3) is 0 Å². The average molecular weight is 129 g/mol. The Morgan fingerprint density at radius 3 is 2.50 bits per heavy atom. The topological polar surface area (TPSA) is 27.6 Å². The fourth-order valence-corrected chi connectivity index (χ4v) is 0.750. The molecule has 3 N–H and O–H groups in total.